The number of benzene rings is 1. The number of likely N-dealkylation sites (N-methyl/N-ethyl adjacent to an activating group) is 1. The van der Waals surface area contributed by atoms with E-state index in [-0.39, 0.29) is 18.2 Å². The highest BCUT2D eigenvalue weighted by atomic mass is 16.6. The molecule has 1 saturated heterocycles. The van der Waals surface area contributed by atoms with Crippen molar-refractivity contribution in [3.05, 3.63) is 34.4 Å². The molecule has 0 unspecified atom stereocenters. The zero-order valence-electron chi connectivity index (χ0n) is 11.3. The van der Waals surface area contributed by atoms with Gasteiger partial charge in [0.2, 0.25) is 0 Å². The van der Waals surface area contributed by atoms with E-state index in [2.05, 4.69) is 4.90 Å². The third-order valence-electron chi connectivity index (χ3n) is 3.27. The van der Waals surface area contributed by atoms with Crippen LogP contribution >= 0.6 is 0 Å². The summed E-state index contributed by atoms with van der Waals surface area (Å²) < 4.78 is 5.36. The van der Waals surface area contributed by atoms with Gasteiger partial charge in [-0.2, -0.15) is 0 Å². The van der Waals surface area contributed by atoms with Gasteiger partial charge in [0.05, 0.1) is 4.92 Å². The molecule has 1 aromatic rings. The van der Waals surface area contributed by atoms with Crippen LogP contribution in [0, 0.1) is 10.1 Å². The lowest BCUT2D eigenvalue weighted by Crippen LogP contribution is -2.48. The molecule has 7 heteroatoms. The van der Waals surface area contributed by atoms with Crippen LogP contribution in [0.2, 0.25) is 0 Å². The zero-order valence-corrected chi connectivity index (χ0v) is 11.3. The van der Waals surface area contributed by atoms with Crippen LogP contribution in [0.25, 0.3) is 0 Å². The minimum absolute atomic E-state index is 0.00254. The molecule has 2 rings (SSSR count). The second kappa shape index (κ2) is 6.33. The summed E-state index contributed by atoms with van der Waals surface area (Å²) in [7, 11) is 2.02. The first-order valence-corrected chi connectivity index (χ1v) is 6.40. The highest BCUT2D eigenvalue weighted by molar-refractivity contribution is 5.77. The minimum atomic E-state index is -0.473. The maximum atomic E-state index is 11.9. The Balaban J connectivity index is 1.82. The van der Waals surface area contributed by atoms with Crippen molar-refractivity contribution < 1.29 is 14.5 Å². The van der Waals surface area contributed by atoms with E-state index < -0.39 is 4.92 Å². The Bertz CT molecular complexity index is 481. The highest BCUT2D eigenvalue weighted by Crippen LogP contribution is 2.17. The molecule has 108 valence electrons. The molecule has 0 spiro atoms. The molecule has 1 aliphatic heterocycles. The molecule has 1 heterocycles. The first-order chi connectivity index (χ1) is 9.56. The van der Waals surface area contributed by atoms with Crippen molar-refractivity contribution >= 4 is 11.6 Å². The van der Waals surface area contributed by atoms with Crippen LogP contribution < -0.4 is 4.74 Å². The fourth-order valence-corrected chi connectivity index (χ4v) is 1.96. The van der Waals surface area contributed by atoms with E-state index in [9.17, 15) is 14.9 Å². The number of ether oxygens (including phenoxy) is 1. The Morgan fingerprint density at radius 1 is 1.25 bits per heavy atom. The van der Waals surface area contributed by atoms with Crippen molar-refractivity contribution in [2.75, 3.05) is 39.8 Å². The van der Waals surface area contributed by atoms with Crippen molar-refractivity contribution in [1.82, 2.24) is 9.80 Å². The molecule has 1 fully saturated rings. The lowest BCUT2D eigenvalue weighted by molar-refractivity contribution is -0.384. The zero-order chi connectivity index (χ0) is 14.5. The van der Waals surface area contributed by atoms with E-state index in [4.69, 9.17) is 4.74 Å². The SMILES string of the molecule is CN1CCN(C(=O)COc2ccc([N+](=O)[O-])cc2)CC1. The van der Waals surface area contributed by atoms with E-state index in [0.29, 0.717) is 18.8 Å². The van der Waals surface area contributed by atoms with Crippen molar-refractivity contribution in [2.24, 2.45) is 0 Å². The topological polar surface area (TPSA) is 75.9 Å². The van der Waals surface area contributed by atoms with Gasteiger partial charge in [-0.15, -0.1) is 0 Å². The van der Waals surface area contributed by atoms with Crippen molar-refractivity contribution in [2.45, 2.75) is 0 Å². The van der Waals surface area contributed by atoms with Gasteiger partial charge in [-0.05, 0) is 19.2 Å². The predicted molar refractivity (Wildman–Crippen MR) is 72.7 cm³/mol. The van der Waals surface area contributed by atoms with Crippen LogP contribution in [0.5, 0.6) is 5.75 Å². The number of non-ortho nitro benzene ring substituents is 1. The molecule has 1 amide bonds. The largest absolute Gasteiger partial charge is 0.484 e. The second-order valence-corrected chi connectivity index (χ2v) is 4.72. The third kappa shape index (κ3) is 3.67. The van der Waals surface area contributed by atoms with Gasteiger partial charge in [0, 0.05) is 38.3 Å². The van der Waals surface area contributed by atoms with Gasteiger partial charge in [-0.25, -0.2) is 0 Å². The van der Waals surface area contributed by atoms with Crippen LogP contribution in [0.15, 0.2) is 24.3 Å². The van der Waals surface area contributed by atoms with Crippen LogP contribution in [0.3, 0.4) is 0 Å². The van der Waals surface area contributed by atoms with Crippen molar-refractivity contribution in [3.63, 3.8) is 0 Å². The summed E-state index contributed by atoms with van der Waals surface area (Å²) in [6.07, 6.45) is 0. The smallest absolute Gasteiger partial charge is 0.269 e. The molecule has 0 bridgehead atoms. The number of rotatable bonds is 4. The molecule has 20 heavy (non-hydrogen) atoms. The summed E-state index contributed by atoms with van der Waals surface area (Å²) in [5.74, 6) is 0.398. The summed E-state index contributed by atoms with van der Waals surface area (Å²) in [5.41, 5.74) is 0.00254. The number of hydrogen-bond donors (Lipinski definition) is 0. The molecular weight excluding hydrogens is 262 g/mol. The lowest BCUT2D eigenvalue weighted by atomic mass is 10.3. The first kappa shape index (κ1) is 14.3. The minimum Gasteiger partial charge on any atom is -0.484 e. The number of nitro groups is 1. The Hall–Kier alpha value is -2.15. The Labute approximate surface area is 116 Å². The molecule has 0 saturated carbocycles. The standard InChI is InChI=1S/C13H17N3O4/c1-14-6-8-15(9-7-14)13(17)10-20-12-4-2-11(3-5-12)16(18)19/h2-5H,6-10H2,1H3. The summed E-state index contributed by atoms with van der Waals surface area (Å²) in [6.45, 7) is 3.10. The van der Waals surface area contributed by atoms with E-state index in [1.54, 1.807) is 4.90 Å². The summed E-state index contributed by atoms with van der Waals surface area (Å²) in [4.78, 5) is 25.9. The number of piperazine rings is 1. The molecule has 7 nitrogen and oxygen atoms in total. The molecule has 1 aromatic carbocycles. The van der Waals surface area contributed by atoms with E-state index in [0.717, 1.165) is 13.1 Å². The highest BCUT2D eigenvalue weighted by Gasteiger charge is 2.19. The predicted octanol–water partition coefficient (Wildman–Crippen LogP) is 0.748. The molecule has 0 radical (unpaired) electrons. The molecule has 0 aromatic heterocycles. The van der Waals surface area contributed by atoms with Crippen LogP contribution in [-0.4, -0.2) is 60.5 Å². The van der Waals surface area contributed by atoms with Crippen molar-refractivity contribution in [3.8, 4) is 5.75 Å². The number of amides is 1. The Kier molecular flexibility index (Phi) is 4.52. The van der Waals surface area contributed by atoms with Gasteiger partial charge in [0.25, 0.3) is 11.6 Å². The second-order valence-electron chi connectivity index (χ2n) is 4.72. The average molecular weight is 279 g/mol. The molecule has 0 N–H and O–H groups in total. The summed E-state index contributed by atoms with van der Waals surface area (Å²) in [5, 5.41) is 10.5. The van der Waals surface area contributed by atoms with E-state index in [1.807, 2.05) is 7.05 Å². The van der Waals surface area contributed by atoms with Crippen LogP contribution in [-0.2, 0) is 4.79 Å². The van der Waals surface area contributed by atoms with E-state index >= 15 is 0 Å². The molecule has 0 atom stereocenters. The van der Waals surface area contributed by atoms with Gasteiger partial charge >= 0.3 is 0 Å². The average Bonchev–Trinajstić information content (AvgIpc) is 2.46. The molecular formula is C13H17N3O4. The lowest BCUT2D eigenvalue weighted by Gasteiger charge is -2.32. The van der Waals surface area contributed by atoms with Gasteiger partial charge in [0.15, 0.2) is 6.61 Å². The van der Waals surface area contributed by atoms with E-state index in [1.165, 1.54) is 24.3 Å². The monoisotopic (exact) mass is 279 g/mol. The van der Waals surface area contributed by atoms with Gasteiger partial charge in [0.1, 0.15) is 5.75 Å². The fourth-order valence-electron chi connectivity index (χ4n) is 1.96. The number of hydrogen-bond acceptors (Lipinski definition) is 5. The fraction of sp³-hybridized carbons (Fsp3) is 0.462. The Morgan fingerprint density at radius 2 is 1.85 bits per heavy atom. The molecule has 1 aliphatic rings. The number of nitrogens with zero attached hydrogens (tertiary/aromatic N) is 3. The number of carbonyl (C=O) groups is 1. The maximum absolute atomic E-state index is 11.9. The van der Waals surface area contributed by atoms with Gasteiger partial charge in [-0.3, -0.25) is 14.9 Å². The number of nitro benzene ring substituents is 1. The quantitative estimate of drug-likeness (QED) is 0.600. The van der Waals surface area contributed by atoms with Crippen LogP contribution in [0.4, 0.5) is 5.69 Å². The summed E-state index contributed by atoms with van der Waals surface area (Å²) >= 11 is 0. The molecule has 0 aliphatic carbocycles. The Morgan fingerprint density at radius 3 is 2.40 bits per heavy atom. The third-order valence-corrected chi connectivity index (χ3v) is 3.27. The number of carbonyl (C=O) groups excluding carboxylic acids is 1. The van der Waals surface area contributed by atoms with Crippen LogP contribution in [0.1, 0.15) is 0 Å². The van der Waals surface area contributed by atoms with Gasteiger partial charge < -0.3 is 14.5 Å². The normalized spacial score (nSPS) is 15.9. The maximum Gasteiger partial charge on any atom is 0.269 e. The van der Waals surface area contributed by atoms with Crippen molar-refractivity contribution in [1.29, 1.82) is 0 Å². The first-order valence-electron chi connectivity index (χ1n) is 6.40. The van der Waals surface area contributed by atoms with Gasteiger partial charge in [-0.1, -0.05) is 0 Å². The summed E-state index contributed by atoms with van der Waals surface area (Å²) in [6, 6.07) is 5.70.